The number of thioether (sulfide) groups is 2. The fraction of sp³-hybridized carbons (Fsp3) is 0.368. The molecular weight excluding hydrogens is 292 g/mol. The van der Waals surface area contributed by atoms with Crippen LogP contribution in [-0.4, -0.2) is 9.49 Å². The lowest BCUT2D eigenvalue weighted by Gasteiger charge is -2.69. The van der Waals surface area contributed by atoms with Crippen molar-refractivity contribution in [3.8, 4) is 0 Å². The topological polar surface area (TPSA) is 0 Å². The highest BCUT2D eigenvalue weighted by molar-refractivity contribution is 8.03. The minimum absolute atomic E-state index is 0.549. The molecule has 0 N–H and O–H groups in total. The molecule has 2 heteroatoms. The fourth-order valence-electron chi connectivity index (χ4n) is 3.54. The summed E-state index contributed by atoms with van der Waals surface area (Å²) in [5.74, 6) is 0. The van der Waals surface area contributed by atoms with E-state index in [0.717, 1.165) is 0 Å². The van der Waals surface area contributed by atoms with E-state index in [1.54, 1.807) is 0 Å². The molecule has 3 fully saturated rings. The van der Waals surface area contributed by atoms with Gasteiger partial charge in [-0.1, -0.05) is 35.4 Å². The molecule has 0 spiro atoms. The van der Waals surface area contributed by atoms with Crippen molar-refractivity contribution in [2.24, 2.45) is 0 Å². The van der Waals surface area contributed by atoms with Crippen molar-refractivity contribution in [3.63, 3.8) is 0 Å². The van der Waals surface area contributed by atoms with E-state index in [4.69, 9.17) is 0 Å². The smallest absolute Gasteiger partial charge is 0.0247 e. The number of hydrogen-bond donors (Lipinski definition) is 0. The Bertz CT molecular complexity index is 578. The van der Waals surface area contributed by atoms with Crippen molar-refractivity contribution >= 4 is 23.5 Å². The van der Waals surface area contributed by atoms with Gasteiger partial charge in [-0.15, -0.1) is 23.5 Å². The summed E-state index contributed by atoms with van der Waals surface area (Å²) in [6, 6.07) is 18.0. The summed E-state index contributed by atoms with van der Waals surface area (Å²) in [6.07, 6.45) is 4.12. The summed E-state index contributed by atoms with van der Waals surface area (Å²) < 4.78 is 1.10. The average Bonchev–Trinajstić information content (AvgIpc) is 2.40. The van der Waals surface area contributed by atoms with E-state index in [0.29, 0.717) is 9.49 Å². The minimum Gasteiger partial charge on any atom is -0.119 e. The third-order valence-electron chi connectivity index (χ3n) is 4.64. The molecule has 2 aromatic rings. The van der Waals surface area contributed by atoms with Crippen molar-refractivity contribution in [2.75, 3.05) is 0 Å². The summed E-state index contributed by atoms with van der Waals surface area (Å²) >= 11 is 4.21. The molecule has 3 aliphatic rings. The largest absolute Gasteiger partial charge is 0.119 e. The maximum Gasteiger partial charge on any atom is 0.0247 e. The van der Waals surface area contributed by atoms with E-state index in [1.165, 1.54) is 40.2 Å². The second-order valence-corrected chi connectivity index (χ2v) is 9.81. The van der Waals surface area contributed by atoms with Crippen molar-refractivity contribution < 1.29 is 0 Å². The highest BCUT2D eigenvalue weighted by Crippen LogP contribution is 2.75. The summed E-state index contributed by atoms with van der Waals surface area (Å²) in [6.45, 7) is 4.31. The summed E-state index contributed by atoms with van der Waals surface area (Å²) in [4.78, 5) is 2.88. The predicted molar refractivity (Wildman–Crippen MR) is 93.4 cm³/mol. The Hall–Kier alpha value is -0.860. The van der Waals surface area contributed by atoms with Gasteiger partial charge in [0, 0.05) is 19.3 Å². The molecule has 21 heavy (non-hydrogen) atoms. The van der Waals surface area contributed by atoms with Gasteiger partial charge in [0.1, 0.15) is 0 Å². The first-order valence-corrected chi connectivity index (χ1v) is 9.21. The molecule has 108 valence electrons. The van der Waals surface area contributed by atoms with E-state index >= 15 is 0 Å². The van der Waals surface area contributed by atoms with Crippen LogP contribution in [0.5, 0.6) is 0 Å². The number of hydrogen-bond acceptors (Lipinski definition) is 2. The Morgan fingerprint density at radius 3 is 1.29 bits per heavy atom. The van der Waals surface area contributed by atoms with Crippen LogP contribution < -0.4 is 0 Å². The Morgan fingerprint density at radius 2 is 0.952 bits per heavy atom. The summed E-state index contributed by atoms with van der Waals surface area (Å²) in [5.41, 5.74) is 2.70. The highest BCUT2D eigenvalue weighted by Gasteiger charge is 2.68. The third-order valence-corrected chi connectivity index (χ3v) is 7.39. The van der Waals surface area contributed by atoms with Crippen LogP contribution in [0.15, 0.2) is 58.3 Å². The number of aryl methyl sites for hydroxylation is 2. The molecule has 3 saturated carbocycles. The second kappa shape index (κ2) is 4.82. The first-order chi connectivity index (χ1) is 10.1. The van der Waals surface area contributed by atoms with Crippen molar-refractivity contribution in [1.82, 2.24) is 0 Å². The second-order valence-electron chi connectivity index (χ2n) is 6.73. The fourth-order valence-corrected chi connectivity index (χ4v) is 7.44. The highest BCUT2D eigenvalue weighted by atomic mass is 32.2. The van der Waals surface area contributed by atoms with Crippen molar-refractivity contribution in [3.05, 3.63) is 59.7 Å². The first-order valence-electron chi connectivity index (χ1n) is 7.58. The maximum atomic E-state index is 2.28. The Kier molecular flexibility index (Phi) is 3.16. The molecule has 0 heterocycles. The van der Waals surface area contributed by atoms with Crippen molar-refractivity contribution in [1.29, 1.82) is 0 Å². The minimum atomic E-state index is 0.549. The van der Waals surface area contributed by atoms with E-state index in [9.17, 15) is 0 Å². The zero-order chi connectivity index (χ0) is 14.5. The molecule has 0 nitrogen and oxygen atoms in total. The first kappa shape index (κ1) is 13.8. The molecule has 0 amide bonds. The SMILES string of the molecule is Cc1ccc(SC23CC(Sc4ccc(C)cc4)(C2)C3)cc1. The zero-order valence-electron chi connectivity index (χ0n) is 12.6. The van der Waals surface area contributed by atoms with Crippen LogP contribution in [0.4, 0.5) is 0 Å². The van der Waals surface area contributed by atoms with E-state index in [2.05, 4.69) is 85.9 Å². The van der Waals surface area contributed by atoms with E-state index in [-0.39, 0.29) is 0 Å². The number of rotatable bonds is 4. The normalized spacial score (nSPS) is 29.6. The van der Waals surface area contributed by atoms with Crippen LogP contribution in [0.1, 0.15) is 30.4 Å². The Labute approximate surface area is 135 Å². The Balaban J connectivity index is 1.37. The molecule has 2 bridgehead atoms. The van der Waals surface area contributed by atoms with Gasteiger partial charge in [-0.3, -0.25) is 0 Å². The van der Waals surface area contributed by atoms with Crippen LogP contribution in [0.3, 0.4) is 0 Å². The Morgan fingerprint density at radius 1 is 0.619 bits per heavy atom. The molecule has 3 aliphatic carbocycles. The molecule has 2 aromatic carbocycles. The zero-order valence-corrected chi connectivity index (χ0v) is 14.2. The van der Waals surface area contributed by atoms with Crippen LogP contribution >= 0.6 is 23.5 Å². The van der Waals surface area contributed by atoms with Crippen LogP contribution in [-0.2, 0) is 0 Å². The van der Waals surface area contributed by atoms with Gasteiger partial charge in [-0.05, 0) is 57.4 Å². The third kappa shape index (κ3) is 2.53. The molecule has 0 radical (unpaired) electrons. The van der Waals surface area contributed by atoms with Gasteiger partial charge in [-0.2, -0.15) is 0 Å². The van der Waals surface area contributed by atoms with Crippen LogP contribution in [0.25, 0.3) is 0 Å². The molecule has 0 aromatic heterocycles. The molecule has 0 atom stereocenters. The molecule has 0 aliphatic heterocycles. The lowest BCUT2D eigenvalue weighted by Crippen LogP contribution is -2.68. The van der Waals surface area contributed by atoms with Gasteiger partial charge in [0.2, 0.25) is 0 Å². The standard InChI is InChI=1S/C19H20S2/c1-14-3-7-16(8-4-14)20-18-11-19(12-18,13-18)21-17-9-5-15(2)6-10-17/h3-10H,11-13H2,1-2H3. The van der Waals surface area contributed by atoms with Gasteiger partial charge in [0.15, 0.2) is 0 Å². The summed E-state index contributed by atoms with van der Waals surface area (Å²) in [7, 11) is 0. The lowest BCUT2D eigenvalue weighted by atomic mass is 9.54. The molecule has 5 rings (SSSR count). The lowest BCUT2D eigenvalue weighted by molar-refractivity contribution is 0.0977. The average molecular weight is 313 g/mol. The van der Waals surface area contributed by atoms with Gasteiger partial charge in [0.25, 0.3) is 0 Å². The van der Waals surface area contributed by atoms with Gasteiger partial charge < -0.3 is 0 Å². The van der Waals surface area contributed by atoms with Crippen LogP contribution in [0.2, 0.25) is 0 Å². The summed E-state index contributed by atoms with van der Waals surface area (Å²) in [5, 5.41) is 0. The molecule has 0 unspecified atom stereocenters. The van der Waals surface area contributed by atoms with Gasteiger partial charge in [0.05, 0.1) is 0 Å². The van der Waals surface area contributed by atoms with Crippen molar-refractivity contribution in [2.45, 2.75) is 52.4 Å². The quantitative estimate of drug-likeness (QED) is 0.693. The molecular formula is C19H20S2. The number of benzene rings is 2. The van der Waals surface area contributed by atoms with E-state index in [1.807, 2.05) is 0 Å². The maximum absolute atomic E-state index is 2.28. The van der Waals surface area contributed by atoms with E-state index < -0.39 is 0 Å². The van der Waals surface area contributed by atoms with Gasteiger partial charge >= 0.3 is 0 Å². The monoisotopic (exact) mass is 312 g/mol. The van der Waals surface area contributed by atoms with Crippen LogP contribution in [0, 0.1) is 13.8 Å². The van der Waals surface area contributed by atoms with Gasteiger partial charge in [-0.25, -0.2) is 0 Å². The molecule has 0 saturated heterocycles. The predicted octanol–water partition coefficient (Wildman–Crippen LogP) is 5.86.